The van der Waals surface area contributed by atoms with E-state index in [-0.39, 0.29) is 17.5 Å². The first kappa shape index (κ1) is 33.2. The Morgan fingerprint density at radius 2 is 1.78 bits per heavy atom. The Morgan fingerprint density at radius 1 is 1.00 bits per heavy atom. The SMILES string of the molecule is COc1nc(-c2cccc(-c3cccc(Nc4nccc5c4c(=O)n(C)c(=O)n5C)c3C)c2Cl)cc2c1[C@@H](N1CC[C@]3(CCCC(=O)N3)C1)CC2. The molecule has 2 saturated heterocycles. The molecule has 262 valence electrons. The third-order valence-corrected chi connectivity index (χ3v) is 11.6. The van der Waals surface area contributed by atoms with Crippen LogP contribution in [0.4, 0.5) is 11.5 Å². The van der Waals surface area contributed by atoms with Crippen LogP contribution in [0.3, 0.4) is 0 Å². The molecule has 2 atom stereocenters. The summed E-state index contributed by atoms with van der Waals surface area (Å²) in [5, 5.41) is 7.58. The van der Waals surface area contributed by atoms with Crippen LogP contribution in [0.5, 0.6) is 5.88 Å². The number of carbonyl (C=O) groups excluding carboxylic acids is 1. The van der Waals surface area contributed by atoms with Crippen molar-refractivity contribution in [3.8, 4) is 28.3 Å². The van der Waals surface area contributed by atoms with Gasteiger partial charge in [0.2, 0.25) is 11.8 Å². The largest absolute Gasteiger partial charge is 0.481 e. The van der Waals surface area contributed by atoms with E-state index in [0.717, 1.165) is 89.0 Å². The average Bonchev–Trinajstić information content (AvgIpc) is 3.74. The van der Waals surface area contributed by atoms with Gasteiger partial charge in [-0.05, 0) is 73.9 Å². The lowest BCUT2D eigenvalue weighted by molar-refractivity contribution is -0.125. The van der Waals surface area contributed by atoms with Crippen LogP contribution in [-0.4, -0.2) is 55.6 Å². The maximum atomic E-state index is 13.2. The lowest BCUT2D eigenvalue weighted by atomic mass is 9.88. The smallest absolute Gasteiger partial charge is 0.330 e. The maximum absolute atomic E-state index is 13.2. The molecule has 2 aromatic carbocycles. The Morgan fingerprint density at radius 3 is 2.59 bits per heavy atom. The Bertz CT molecular complexity index is 2370. The van der Waals surface area contributed by atoms with Crippen molar-refractivity contribution in [2.75, 3.05) is 25.5 Å². The number of hydrogen-bond donors (Lipinski definition) is 2. The van der Waals surface area contributed by atoms with Crippen molar-refractivity contribution >= 4 is 39.9 Å². The van der Waals surface area contributed by atoms with Crippen molar-refractivity contribution in [1.29, 1.82) is 0 Å². The number of piperidine rings is 1. The first-order valence-corrected chi connectivity index (χ1v) is 17.8. The summed E-state index contributed by atoms with van der Waals surface area (Å²) in [6, 6.07) is 15.9. The molecule has 0 saturated carbocycles. The number of benzene rings is 2. The summed E-state index contributed by atoms with van der Waals surface area (Å²) in [7, 11) is 4.78. The quantitative estimate of drug-likeness (QED) is 0.227. The van der Waals surface area contributed by atoms with Gasteiger partial charge in [-0.2, -0.15) is 0 Å². The molecule has 51 heavy (non-hydrogen) atoms. The molecule has 0 radical (unpaired) electrons. The summed E-state index contributed by atoms with van der Waals surface area (Å²) in [5.41, 5.74) is 6.89. The van der Waals surface area contributed by atoms with Gasteiger partial charge in [-0.1, -0.05) is 41.9 Å². The number of amides is 1. The van der Waals surface area contributed by atoms with E-state index in [2.05, 4.69) is 26.6 Å². The van der Waals surface area contributed by atoms with Crippen LogP contribution in [0.25, 0.3) is 33.3 Å². The minimum atomic E-state index is -0.418. The normalized spacial score (nSPS) is 20.2. The molecule has 2 aliphatic heterocycles. The van der Waals surface area contributed by atoms with E-state index in [0.29, 0.717) is 34.0 Å². The molecule has 1 aliphatic carbocycles. The maximum Gasteiger partial charge on any atom is 0.330 e. The number of nitrogens with zero attached hydrogens (tertiary/aromatic N) is 5. The fraction of sp³-hybridized carbons (Fsp3) is 0.359. The fourth-order valence-corrected chi connectivity index (χ4v) is 8.80. The van der Waals surface area contributed by atoms with E-state index in [1.54, 1.807) is 26.4 Å². The number of rotatable bonds is 6. The third kappa shape index (κ3) is 5.50. The van der Waals surface area contributed by atoms with E-state index in [1.807, 2.05) is 43.3 Å². The number of aromatic nitrogens is 4. The Kier molecular flexibility index (Phi) is 8.22. The molecule has 8 rings (SSSR count). The van der Waals surface area contributed by atoms with Gasteiger partial charge in [0.15, 0.2) is 0 Å². The van der Waals surface area contributed by atoms with E-state index < -0.39 is 11.2 Å². The van der Waals surface area contributed by atoms with E-state index >= 15 is 0 Å². The van der Waals surface area contributed by atoms with Gasteiger partial charge in [0.05, 0.1) is 28.9 Å². The van der Waals surface area contributed by atoms with Crippen molar-refractivity contribution in [1.82, 2.24) is 29.3 Å². The molecule has 2 N–H and O–H groups in total. The third-order valence-electron chi connectivity index (χ3n) is 11.1. The van der Waals surface area contributed by atoms with Crippen LogP contribution in [0.2, 0.25) is 5.02 Å². The first-order chi connectivity index (χ1) is 24.6. The van der Waals surface area contributed by atoms with Crippen LogP contribution in [0.1, 0.15) is 54.8 Å². The number of nitrogens with one attached hydrogen (secondary N) is 2. The predicted molar refractivity (Wildman–Crippen MR) is 199 cm³/mol. The number of aryl methyl sites for hydroxylation is 2. The molecule has 3 aromatic heterocycles. The number of hydrogen-bond acceptors (Lipinski definition) is 8. The van der Waals surface area contributed by atoms with Gasteiger partial charge in [-0.15, -0.1) is 0 Å². The molecular weight excluding hydrogens is 666 g/mol. The molecule has 2 fully saturated rings. The summed E-state index contributed by atoms with van der Waals surface area (Å²) >= 11 is 7.25. The van der Waals surface area contributed by atoms with E-state index in [4.69, 9.17) is 21.3 Å². The topological polar surface area (TPSA) is 123 Å². The highest BCUT2D eigenvalue weighted by atomic mass is 35.5. The fourth-order valence-electron chi connectivity index (χ4n) is 8.47. The Hall–Kier alpha value is -5.00. The molecule has 5 heterocycles. The lowest BCUT2D eigenvalue weighted by Crippen LogP contribution is -2.53. The Balaban J connectivity index is 1.12. The number of carbonyl (C=O) groups is 1. The van der Waals surface area contributed by atoms with Crippen LogP contribution in [0, 0.1) is 6.92 Å². The van der Waals surface area contributed by atoms with Gasteiger partial charge in [0, 0.05) is 68.2 Å². The molecule has 0 bridgehead atoms. The number of likely N-dealkylation sites (tertiary alicyclic amines) is 1. The van der Waals surface area contributed by atoms with Crippen molar-refractivity contribution < 1.29 is 9.53 Å². The highest BCUT2D eigenvalue weighted by Crippen LogP contribution is 2.47. The monoisotopic (exact) mass is 705 g/mol. The summed E-state index contributed by atoms with van der Waals surface area (Å²) in [6.07, 6.45) is 7.03. The number of methoxy groups -OCH3 is 1. The molecule has 12 heteroatoms. The van der Waals surface area contributed by atoms with Crippen molar-refractivity contribution in [2.24, 2.45) is 14.1 Å². The summed E-state index contributed by atoms with van der Waals surface area (Å²) < 4.78 is 8.50. The van der Waals surface area contributed by atoms with E-state index in [1.165, 1.54) is 17.2 Å². The van der Waals surface area contributed by atoms with Gasteiger partial charge in [0.25, 0.3) is 5.56 Å². The summed E-state index contributed by atoms with van der Waals surface area (Å²) in [4.78, 5) is 50.1. The van der Waals surface area contributed by atoms with Crippen LogP contribution in [-0.2, 0) is 25.3 Å². The molecular formula is C39H40ClN7O4. The zero-order valence-corrected chi connectivity index (χ0v) is 29.9. The van der Waals surface area contributed by atoms with Crippen molar-refractivity contribution in [2.45, 2.75) is 57.0 Å². The average molecular weight is 706 g/mol. The highest BCUT2D eigenvalue weighted by molar-refractivity contribution is 6.36. The molecule has 5 aromatic rings. The highest BCUT2D eigenvalue weighted by Gasteiger charge is 2.45. The second kappa shape index (κ2) is 12.6. The summed E-state index contributed by atoms with van der Waals surface area (Å²) in [5.74, 6) is 1.15. The molecule has 3 aliphatic rings. The zero-order valence-electron chi connectivity index (χ0n) is 29.2. The second-order valence-corrected chi connectivity index (χ2v) is 14.5. The molecule has 11 nitrogen and oxygen atoms in total. The van der Waals surface area contributed by atoms with Crippen molar-refractivity contribution in [3.63, 3.8) is 0 Å². The van der Waals surface area contributed by atoms with Gasteiger partial charge >= 0.3 is 5.69 Å². The van der Waals surface area contributed by atoms with Crippen LogP contribution < -0.4 is 26.6 Å². The van der Waals surface area contributed by atoms with Crippen LogP contribution >= 0.6 is 11.6 Å². The molecule has 1 amide bonds. The lowest BCUT2D eigenvalue weighted by Gasteiger charge is -2.35. The number of pyridine rings is 2. The number of halogens is 1. The minimum absolute atomic E-state index is 0.125. The van der Waals surface area contributed by atoms with Gasteiger partial charge in [-0.3, -0.25) is 23.6 Å². The number of fused-ring (bicyclic) bond motifs is 2. The van der Waals surface area contributed by atoms with Gasteiger partial charge in [0.1, 0.15) is 11.2 Å². The van der Waals surface area contributed by atoms with Gasteiger partial charge in [-0.25, -0.2) is 14.8 Å². The van der Waals surface area contributed by atoms with Crippen molar-refractivity contribution in [3.05, 3.63) is 97.3 Å². The number of ether oxygens (including phenoxy) is 1. The standard InChI is InChI=1S/C39H40ClN7O4/c1-22-24(8-6-11-27(22)42-35-33-29(15-18-41-35)45(2)38(50)46(3)37(33)49)25-9-5-10-26(34(25)40)28-20-23-13-14-30(32(23)36(43-28)51-4)47-19-17-39(21-47)16-7-12-31(48)44-39/h5-6,8-11,15,18,20,30H,7,12-14,16-17,19,21H2,1-4H3,(H,41,42)(H,44,48)/t30-,39+/m0/s1. The Labute approximate surface area is 300 Å². The molecule has 0 unspecified atom stereocenters. The van der Waals surface area contributed by atoms with Crippen LogP contribution in [0.15, 0.2) is 64.3 Å². The zero-order chi connectivity index (χ0) is 35.6. The van der Waals surface area contributed by atoms with Gasteiger partial charge < -0.3 is 15.4 Å². The second-order valence-electron chi connectivity index (χ2n) is 14.1. The number of anilines is 2. The predicted octanol–water partition coefficient (Wildman–Crippen LogP) is 5.81. The van der Waals surface area contributed by atoms with E-state index in [9.17, 15) is 14.4 Å². The summed E-state index contributed by atoms with van der Waals surface area (Å²) in [6.45, 7) is 3.78. The molecule has 1 spiro atoms. The minimum Gasteiger partial charge on any atom is -0.481 e. The first-order valence-electron chi connectivity index (χ1n) is 17.4.